The van der Waals surface area contributed by atoms with Gasteiger partial charge in [0, 0.05) is 17.1 Å². The van der Waals surface area contributed by atoms with Crippen molar-refractivity contribution in [2.75, 3.05) is 5.32 Å². The van der Waals surface area contributed by atoms with Crippen LogP contribution in [0.2, 0.25) is 0 Å². The summed E-state index contributed by atoms with van der Waals surface area (Å²) in [6, 6.07) is 10.2. The van der Waals surface area contributed by atoms with Crippen molar-refractivity contribution in [3.63, 3.8) is 0 Å². The number of anilines is 1. The number of nitrogens with zero attached hydrogens (tertiary/aromatic N) is 5. The average molecular weight is 479 g/mol. The van der Waals surface area contributed by atoms with Crippen LogP contribution >= 0.6 is 22.7 Å². The fourth-order valence-electron chi connectivity index (χ4n) is 2.82. The summed E-state index contributed by atoms with van der Waals surface area (Å²) in [5.74, 6) is 0.0446. The number of hydrogen-bond donors (Lipinski definition) is 1. The topological polar surface area (TPSA) is 122 Å². The number of thiazole rings is 1. The fourth-order valence-corrected chi connectivity index (χ4v) is 4.34. The molecule has 0 aliphatic heterocycles. The minimum atomic E-state index is -0.519. The van der Waals surface area contributed by atoms with Crippen molar-refractivity contribution < 1.29 is 9.53 Å². The van der Waals surface area contributed by atoms with Crippen molar-refractivity contribution >= 4 is 44.7 Å². The second-order valence-corrected chi connectivity index (χ2v) is 9.16. The first kappa shape index (κ1) is 22.3. The van der Waals surface area contributed by atoms with E-state index >= 15 is 0 Å². The number of benzene rings is 1. The standard InChI is InChI=1S/C22H18N6O3S2/c1-3-18-27-28-19(29)9-16(25-22(28)33-18)12-31-17-6-4-14(5-7-17)8-15(10-23)20(30)26-21-24-11-13(2)32-21/h4-9,11H,3,12H2,1-2H3,(H,24,26,30)/b15-8-. The molecule has 0 fully saturated rings. The van der Waals surface area contributed by atoms with Gasteiger partial charge in [0.05, 0.1) is 5.69 Å². The monoisotopic (exact) mass is 478 g/mol. The highest BCUT2D eigenvalue weighted by Crippen LogP contribution is 2.19. The Balaban J connectivity index is 1.42. The summed E-state index contributed by atoms with van der Waals surface area (Å²) in [6.07, 6.45) is 3.88. The van der Waals surface area contributed by atoms with E-state index in [4.69, 9.17) is 4.74 Å². The predicted octanol–water partition coefficient (Wildman–Crippen LogP) is 3.60. The number of carbonyl (C=O) groups excluding carboxylic acids is 1. The van der Waals surface area contributed by atoms with Gasteiger partial charge in [0.2, 0.25) is 4.96 Å². The second kappa shape index (κ2) is 9.72. The maximum absolute atomic E-state index is 12.3. The summed E-state index contributed by atoms with van der Waals surface area (Å²) >= 11 is 2.71. The van der Waals surface area contributed by atoms with Gasteiger partial charge in [-0.05, 0) is 37.1 Å². The molecular weight excluding hydrogens is 460 g/mol. The van der Waals surface area contributed by atoms with E-state index in [1.165, 1.54) is 39.3 Å². The molecule has 0 saturated heterocycles. The van der Waals surface area contributed by atoms with Gasteiger partial charge in [0.1, 0.15) is 29.0 Å². The third-order valence-corrected chi connectivity index (χ3v) is 6.31. The number of aryl methyl sites for hydroxylation is 2. The van der Waals surface area contributed by atoms with Gasteiger partial charge in [-0.1, -0.05) is 30.4 Å². The highest BCUT2D eigenvalue weighted by Gasteiger charge is 2.12. The van der Waals surface area contributed by atoms with Gasteiger partial charge >= 0.3 is 0 Å². The molecule has 0 aliphatic carbocycles. The maximum atomic E-state index is 12.3. The van der Waals surface area contributed by atoms with Crippen LogP contribution < -0.4 is 15.6 Å². The van der Waals surface area contributed by atoms with E-state index in [1.54, 1.807) is 30.5 Å². The number of aromatic nitrogens is 4. The Labute approximate surface area is 196 Å². The van der Waals surface area contributed by atoms with Crippen molar-refractivity contribution in [1.82, 2.24) is 19.6 Å². The highest BCUT2D eigenvalue weighted by molar-refractivity contribution is 7.16. The predicted molar refractivity (Wildman–Crippen MR) is 126 cm³/mol. The van der Waals surface area contributed by atoms with Gasteiger partial charge in [-0.15, -0.1) is 11.3 Å². The molecule has 0 radical (unpaired) electrons. The van der Waals surface area contributed by atoms with Crippen LogP contribution in [0, 0.1) is 18.3 Å². The molecule has 3 heterocycles. The lowest BCUT2D eigenvalue weighted by Crippen LogP contribution is -2.16. The summed E-state index contributed by atoms with van der Waals surface area (Å²) in [4.78, 5) is 34.6. The second-order valence-electron chi connectivity index (χ2n) is 6.89. The number of nitriles is 1. The molecule has 0 atom stereocenters. The van der Waals surface area contributed by atoms with E-state index in [0.717, 1.165) is 16.3 Å². The molecule has 1 aromatic carbocycles. The van der Waals surface area contributed by atoms with Crippen molar-refractivity contribution in [3.8, 4) is 11.8 Å². The van der Waals surface area contributed by atoms with Crippen molar-refractivity contribution in [2.45, 2.75) is 26.9 Å². The van der Waals surface area contributed by atoms with Crippen LogP contribution in [0.3, 0.4) is 0 Å². The Morgan fingerprint density at radius 1 is 1.30 bits per heavy atom. The van der Waals surface area contributed by atoms with Crippen molar-refractivity contribution in [1.29, 1.82) is 5.26 Å². The zero-order chi connectivity index (χ0) is 23.4. The van der Waals surface area contributed by atoms with Crippen molar-refractivity contribution in [2.24, 2.45) is 0 Å². The van der Waals surface area contributed by atoms with Gasteiger partial charge in [0.25, 0.3) is 11.5 Å². The number of fused-ring (bicyclic) bond motifs is 1. The van der Waals surface area contributed by atoms with Gasteiger partial charge in [-0.3, -0.25) is 14.9 Å². The Kier molecular flexibility index (Phi) is 6.58. The number of hydrogen-bond acceptors (Lipinski definition) is 9. The molecule has 1 amide bonds. The van der Waals surface area contributed by atoms with Gasteiger partial charge in [-0.25, -0.2) is 9.97 Å². The minimum absolute atomic E-state index is 0.0366. The smallest absolute Gasteiger partial charge is 0.275 e. The van der Waals surface area contributed by atoms with Gasteiger partial charge in [0.15, 0.2) is 5.13 Å². The molecule has 0 aliphatic rings. The molecule has 4 rings (SSSR count). The maximum Gasteiger partial charge on any atom is 0.275 e. The molecule has 0 bridgehead atoms. The molecule has 11 heteroatoms. The number of carbonyl (C=O) groups is 1. The van der Waals surface area contributed by atoms with Gasteiger partial charge in [-0.2, -0.15) is 14.9 Å². The Bertz CT molecular complexity index is 1440. The largest absolute Gasteiger partial charge is 0.487 e. The Morgan fingerprint density at radius 2 is 2.09 bits per heavy atom. The van der Waals surface area contributed by atoms with Gasteiger partial charge < -0.3 is 4.74 Å². The van der Waals surface area contributed by atoms with Crippen LogP contribution in [0.4, 0.5) is 5.13 Å². The fraction of sp³-hybridized carbons (Fsp3) is 0.182. The van der Waals surface area contributed by atoms with E-state index in [9.17, 15) is 14.9 Å². The zero-order valence-corrected chi connectivity index (χ0v) is 19.4. The summed E-state index contributed by atoms with van der Waals surface area (Å²) in [7, 11) is 0. The van der Waals surface area contributed by atoms with Crippen LogP contribution in [0.1, 0.15) is 28.1 Å². The summed E-state index contributed by atoms with van der Waals surface area (Å²) in [5, 5.41) is 17.5. The summed E-state index contributed by atoms with van der Waals surface area (Å²) in [5.41, 5.74) is 0.894. The molecular formula is C22H18N6O3S2. The molecule has 4 aromatic rings. The number of amides is 1. The van der Waals surface area contributed by atoms with E-state index in [1.807, 2.05) is 19.9 Å². The third kappa shape index (κ3) is 5.31. The normalized spacial score (nSPS) is 11.4. The lowest BCUT2D eigenvalue weighted by atomic mass is 10.1. The molecule has 0 saturated carbocycles. The summed E-state index contributed by atoms with van der Waals surface area (Å²) in [6.45, 7) is 3.98. The van der Waals surface area contributed by atoms with Crippen LogP contribution in [0.15, 0.2) is 46.9 Å². The van der Waals surface area contributed by atoms with E-state index in [2.05, 4.69) is 20.4 Å². The van der Waals surface area contributed by atoms with Crippen LogP contribution in [0.5, 0.6) is 5.75 Å². The van der Waals surface area contributed by atoms with Crippen LogP contribution in [-0.4, -0.2) is 25.5 Å². The lowest BCUT2D eigenvalue weighted by molar-refractivity contribution is -0.112. The first-order chi connectivity index (χ1) is 15.9. The third-order valence-electron chi connectivity index (χ3n) is 4.43. The lowest BCUT2D eigenvalue weighted by Gasteiger charge is -2.06. The summed E-state index contributed by atoms with van der Waals surface area (Å²) < 4.78 is 7.04. The van der Waals surface area contributed by atoms with E-state index in [0.29, 0.717) is 27.1 Å². The highest BCUT2D eigenvalue weighted by atomic mass is 32.1. The molecule has 3 aromatic heterocycles. The van der Waals surface area contributed by atoms with E-state index in [-0.39, 0.29) is 17.7 Å². The SMILES string of the molecule is CCc1nn2c(=O)cc(COc3ccc(/C=C(/C#N)C(=O)Nc4ncc(C)s4)cc3)nc2s1. The van der Waals surface area contributed by atoms with Crippen LogP contribution in [0.25, 0.3) is 11.0 Å². The van der Waals surface area contributed by atoms with E-state index < -0.39 is 5.91 Å². The molecule has 9 nitrogen and oxygen atoms in total. The van der Waals surface area contributed by atoms with Crippen LogP contribution in [-0.2, 0) is 17.8 Å². The number of ether oxygens (including phenoxy) is 1. The molecule has 1 N–H and O–H groups in total. The quantitative estimate of drug-likeness (QED) is 0.318. The molecule has 166 valence electrons. The molecule has 0 unspecified atom stereocenters. The van der Waals surface area contributed by atoms with Crippen molar-refractivity contribution in [3.05, 3.63) is 73.6 Å². The minimum Gasteiger partial charge on any atom is -0.487 e. The molecule has 33 heavy (non-hydrogen) atoms. The zero-order valence-electron chi connectivity index (χ0n) is 17.7. The average Bonchev–Trinajstić information content (AvgIpc) is 3.42. The molecule has 0 spiro atoms. The Morgan fingerprint density at radius 3 is 2.76 bits per heavy atom. The first-order valence-corrected chi connectivity index (χ1v) is 11.6. The number of nitrogens with one attached hydrogen (secondary N) is 1. The first-order valence-electron chi connectivity index (χ1n) is 9.92. The Hall–Kier alpha value is -3.88. The number of rotatable bonds is 7.